The van der Waals surface area contributed by atoms with Crippen molar-refractivity contribution in [1.29, 1.82) is 0 Å². The molecule has 0 bridgehead atoms. The van der Waals surface area contributed by atoms with E-state index in [4.69, 9.17) is 12.2 Å². The molecule has 1 aromatic rings. The van der Waals surface area contributed by atoms with Gasteiger partial charge in [0.25, 0.3) is 0 Å². The van der Waals surface area contributed by atoms with Crippen LogP contribution in [-0.4, -0.2) is 29.0 Å². The minimum absolute atomic E-state index is 0.0459. The third kappa shape index (κ3) is 7.32. The van der Waals surface area contributed by atoms with E-state index in [1.165, 1.54) is 0 Å². The van der Waals surface area contributed by atoms with Gasteiger partial charge in [0.05, 0.1) is 0 Å². The van der Waals surface area contributed by atoms with Crippen LogP contribution in [0, 0.1) is 11.3 Å². The van der Waals surface area contributed by atoms with E-state index in [9.17, 15) is 4.79 Å². The SMILES string of the molecule is CCCN(CCC)C(=S)Nc1cccc(NC(=O)C(C)(C)CC(C)C)c1. The van der Waals surface area contributed by atoms with Gasteiger partial charge in [0, 0.05) is 29.9 Å². The monoisotopic (exact) mass is 377 g/mol. The molecule has 0 aliphatic rings. The number of carbonyl (C=O) groups is 1. The lowest BCUT2D eigenvalue weighted by Gasteiger charge is -2.26. The van der Waals surface area contributed by atoms with E-state index in [0.717, 1.165) is 48.8 Å². The maximum Gasteiger partial charge on any atom is 0.230 e. The van der Waals surface area contributed by atoms with Crippen LogP contribution < -0.4 is 10.6 Å². The molecule has 0 heterocycles. The smallest absolute Gasteiger partial charge is 0.230 e. The number of thiocarbonyl (C=S) groups is 1. The first-order valence-corrected chi connectivity index (χ1v) is 10.1. The summed E-state index contributed by atoms with van der Waals surface area (Å²) in [6.07, 6.45) is 2.97. The van der Waals surface area contributed by atoms with Gasteiger partial charge in [-0.25, -0.2) is 0 Å². The van der Waals surface area contributed by atoms with Gasteiger partial charge in [-0.15, -0.1) is 0 Å². The maximum atomic E-state index is 12.6. The lowest BCUT2D eigenvalue weighted by Crippen LogP contribution is -2.36. The Morgan fingerprint density at radius 1 is 1.12 bits per heavy atom. The van der Waals surface area contributed by atoms with Gasteiger partial charge in [0.1, 0.15) is 0 Å². The molecule has 0 radical (unpaired) electrons. The van der Waals surface area contributed by atoms with Crippen LogP contribution >= 0.6 is 12.2 Å². The highest BCUT2D eigenvalue weighted by molar-refractivity contribution is 7.80. The highest BCUT2D eigenvalue weighted by atomic mass is 32.1. The topological polar surface area (TPSA) is 44.4 Å². The molecule has 0 fully saturated rings. The van der Waals surface area contributed by atoms with Gasteiger partial charge in [0.2, 0.25) is 5.91 Å². The van der Waals surface area contributed by atoms with Crippen molar-refractivity contribution in [1.82, 2.24) is 4.90 Å². The van der Waals surface area contributed by atoms with E-state index in [1.807, 2.05) is 38.1 Å². The van der Waals surface area contributed by atoms with Gasteiger partial charge in [-0.1, -0.05) is 47.6 Å². The first kappa shape index (κ1) is 22.4. The molecule has 0 saturated carbocycles. The zero-order valence-electron chi connectivity index (χ0n) is 17.2. The van der Waals surface area contributed by atoms with Crippen LogP contribution in [0.25, 0.3) is 0 Å². The summed E-state index contributed by atoms with van der Waals surface area (Å²) in [7, 11) is 0. The number of benzene rings is 1. The second kappa shape index (κ2) is 10.5. The van der Waals surface area contributed by atoms with Crippen molar-refractivity contribution in [2.45, 2.75) is 60.8 Å². The van der Waals surface area contributed by atoms with E-state index in [2.05, 4.69) is 43.2 Å². The van der Waals surface area contributed by atoms with Crippen molar-refractivity contribution < 1.29 is 4.79 Å². The number of amides is 1. The highest BCUT2D eigenvalue weighted by Gasteiger charge is 2.28. The Balaban J connectivity index is 2.78. The fourth-order valence-corrected chi connectivity index (χ4v) is 3.45. The van der Waals surface area contributed by atoms with E-state index >= 15 is 0 Å². The van der Waals surface area contributed by atoms with Crippen LogP contribution in [-0.2, 0) is 4.79 Å². The second-order valence-electron chi connectivity index (χ2n) is 7.93. The van der Waals surface area contributed by atoms with Crippen LogP contribution in [0.3, 0.4) is 0 Å². The van der Waals surface area contributed by atoms with Gasteiger partial charge in [-0.05, 0) is 55.6 Å². The number of carbonyl (C=O) groups excluding carboxylic acids is 1. The van der Waals surface area contributed by atoms with Crippen LogP contribution in [0.15, 0.2) is 24.3 Å². The van der Waals surface area contributed by atoms with Crippen LogP contribution in [0.4, 0.5) is 11.4 Å². The Kier molecular flexibility index (Phi) is 9.06. The normalized spacial score (nSPS) is 11.3. The van der Waals surface area contributed by atoms with Crippen molar-refractivity contribution >= 4 is 34.6 Å². The average molecular weight is 378 g/mol. The molecule has 0 aromatic heterocycles. The lowest BCUT2D eigenvalue weighted by molar-refractivity contribution is -0.124. The molecular weight excluding hydrogens is 342 g/mol. The van der Waals surface area contributed by atoms with Crippen molar-refractivity contribution in [3.8, 4) is 0 Å². The van der Waals surface area contributed by atoms with E-state index in [1.54, 1.807) is 0 Å². The van der Waals surface area contributed by atoms with Crippen LogP contribution in [0.2, 0.25) is 0 Å². The molecule has 0 saturated heterocycles. The molecule has 1 amide bonds. The third-order valence-electron chi connectivity index (χ3n) is 4.18. The number of hydrogen-bond acceptors (Lipinski definition) is 2. The molecular formula is C21H35N3OS. The van der Waals surface area contributed by atoms with Crippen LogP contribution in [0.5, 0.6) is 0 Å². The molecule has 4 nitrogen and oxygen atoms in total. The third-order valence-corrected chi connectivity index (χ3v) is 4.54. The largest absolute Gasteiger partial charge is 0.349 e. The van der Waals surface area contributed by atoms with Crippen molar-refractivity contribution in [3.05, 3.63) is 24.3 Å². The minimum atomic E-state index is -0.397. The van der Waals surface area contributed by atoms with Gasteiger partial charge in [-0.2, -0.15) is 0 Å². The quantitative estimate of drug-likeness (QED) is 0.556. The molecule has 0 unspecified atom stereocenters. The summed E-state index contributed by atoms with van der Waals surface area (Å²) in [6, 6.07) is 7.75. The maximum absolute atomic E-state index is 12.6. The number of nitrogens with zero attached hydrogens (tertiary/aromatic N) is 1. The van der Waals surface area contributed by atoms with Gasteiger partial charge in [-0.3, -0.25) is 4.79 Å². The Labute approximate surface area is 164 Å². The van der Waals surface area contributed by atoms with Crippen molar-refractivity contribution in [3.63, 3.8) is 0 Å². The van der Waals surface area contributed by atoms with Gasteiger partial charge >= 0.3 is 0 Å². The van der Waals surface area contributed by atoms with Gasteiger partial charge in [0.15, 0.2) is 5.11 Å². The molecule has 0 aliphatic heterocycles. The van der Waals surface area contributed by atoms with E-state index in [-0.39, 0.29) is 5.91 Å². The molecule has 0 spiro atoms. The average Bonchev–Trinajstić information content (AvgIpc) is 2.53. The summed E-state index contributed by atoms with van der Waals surface area (Å²) in [5, 5.41) is 7.08. The first-order valence-electron chi connectivity index (χ1n) is 9.67. The molecule has 146 valence electrons. The Bertz CT molecular complexity index is 593. The highest BCUT2D eigenvalue weighted by Crippen LogP contribution is 2.27. The molecule has 5 heteroatoms. The second-order valence-corrected chi connectivity index (χ2v) is 8.32. The summed E-state index contributed by atoms with van der Waals surface area (Å²) in [6.45, 7) is 14.5. The molecule has 1 rings (SSSR count). The summed E-state index contributed by atoms with van der Waals surface area (Å²) in [4.78, 5) is 14.8. The van der Waals surface area contributed by atoms with Crippen molar-refractivity contribution in [2.24, 2.45) is 11.3 Å². The summed E-state index contributed by atoms with van der Waals surface area (Å²) in [5.41, 5.74) is 1.29. The lowest BCUT2D eigenvalue weighted by atomic mass is 9.83. The van der Waals surface area contributed by atoms with E-state index < -0.39 is 5.41 Å². The van der Waals surface area contributed by atoms with Crippen LogP contribution in [0.1, 0.15) is 60.8 Å². The predicted octanol–water partition coefficient (Wildman–Crippen LogP) is 5.52. The van der Waals surface area contributed by atoms with Crippen molar-refractivity contribution in [2.75, 3.05) is 23.7 Å². The Hall–Kier alpha value is -1.62. The summed E-state index contributed by atoms with van der Waals surface area (Å²) < 4.78 is 0. The predicted molar refractivity (Wildman–Crippen MR) is 117 cm³/mol. The number of hydrogen-bond donors (Lipinski definition) is 2. The molecule has 2 N–H and O–H groups in total. The fraction of sp³-hybridized carbons (Fsp3) is 0.619. The number of rotatable bonds is 9. The first-order chi connectivity index (χ1) is 12.2. The Morgan fingerprint density at radius 2 is 1.65 bits per heavy atom. The Morgan fingerprint density at radius 3 is 2.15 bits per heavy atom. The molecule has 0 atom stereocenters. The zero-order chi connectivity index (χ0) is 19.7. The van der Waals surface area contributed by atoms with Gasteiger partial charge < -0.3 is 15.5 Å². The summed E-state index contributed by atoms with van der Waals surface area (Å²) in [5.74, 6) is 0.522. The standard InChI is InChI=1S/C21H35N3OS/c1-7-12-24(13-8-2)20(26)23-18-11-9-10-17(14-18)22-19(25)21(5,6)15-16(3)4/h9-11,14,16H,7-8,12-13,15H2,1-6H3,(H,22,25)(H,23,26). The zero-order valence-corrected chi connectivity index (χ0v) is 18.0. The molecule has 26 heavy (non-hydrogen) atoms. The number of nitrogens with one attached hydrogen (secondary N) is 2. The molecule has 1 aromatic carbocycles. The summed E-state index contributed by atoms with van der Waals surface area (Å²) >= 11 is 5.55. The minimum Gasteiger partial charge on any atom is -0.349 e. The fourth-order valence-electron chi connectivity index (χ4n) is 3.15. The van der Waals surface area contributed by atoms with E-state index in [0.29, 0.717) is 5.92 Å². The molecule has 0 aliphatic carbocycles. The number of anilines is 2.